The van der Waals surface area contributed by atoms with E-state index in [1.54, 1.807) is 26.0 Å². The van der Waals surface area contributed by atoms with Crippen molar-refractivity contribution in [2.24, 2.45) is 7.05 Å². The predicted molar refractivity (Wildman–Crippen MR) is 108 cm³/mol. The third-order valence-corrected chi connectivity index (χ3v) is 5.16. The van der Waals surface area contributed by atoms with Crippen LogP contribution in [0.2, 0.25) is 0 Å². The van der Waals surface area contributed by atoms with Gasteiger partial charge in [0.2, 0.25) is 0 Å². The third-order valence-electron chi connectivity index (χ3n) is 5.16. The molecule has 0 saturated heterocycles. The van der Waals surface area contributed by atoms with Crippen molar-refractivity contribution in [2.75, 3.05) is 13.2 Å². The summed E-state index contributed by atoms with van der Waals surface area (Å²) in [7, 11) is 1.44. The zero-order valence-corrected chi connectivity index (χ0v) is 16.8. The monoisotopic (exact) mass is 405 g/mol. The summed E-state index contributed by atoms with van der Waals surface area (Å²) in [5, 5.41) is 1.58. The lowest BCUT2D eigenvalue weighted by Crippen LogP contribution is -2.23. The van der Waals surface area contributed by atoms with E-state index in [1.165, 1.54) is 11.6 Å². The molecule has 0 fully saturated rings. The summed E-state index contributed by atoms with van der Waals surface area (Å²) in [4.78, 5) is 52.2. The molecule has 4 rings (SSSR count). The van der Waals surface area contributed by atoms with E-state index in [0.29, 0.717) is 0 Å². The third kappa shape index (κ3) is 2.74. The van der Waals surface area contributed by atoms with Crippen molar-refractivity contribution in [3.8, 4) is 0 Å². The van der Waals surface area contributed by atoms with Crippen LogP contribution in [0.15, 0.2) is 36.4 Å². The number of ketones is 2. The smallest absolute Gasteiger partial charge is 0.355 e. The number of nitrogens with zero attached hydrogens (tertiary/aromatic N) is 1. The van der Waals surface area contributed by atoms with Crippen LogP contribution in [0, 0.1) is 0 Å². The zero-order valence-electron chi connectivity index (χ0n) is 16.8. The van der Waals surface area contributed by atoms with Gasteiger partial charge in [-0.25, -0.2) is 9.59 Å². The fourth-order valence-electron chi connectivity index (χ4n) is 3.89. The van der Waals surface area contributed by atoms with Gasteiger partial charge < -0.3 is 14.0 Å². The average Bonchev–Trinajstić information content (AvgIpc) is 3.04. The minimum absolute atomic E-state index is 0.0802. The molecule has 0 amide bonds. The van der Waals surface area contributed by atoms with E-state index in [0.717, 1.165) is 10.8 Å². The first-order chi connectivity index (χ1) is 14.4. The molecule has 3 aromatic rings. The molecule has 0 spiro atoms. The molecule has 0 saturated carbocycles. The lowest BCUT2D eigenvalue weighted by Gasteiger charge is -2.17. The molecule has 0 radical (unpaired) electrons. The van der Waals surface area contributed by atoms with Crippen LogP contribution in [0.1, 0.15) is 66.7 Å². The van der Waals surface area contributed by atoms with Gasteiger partial charge in [0, 0.05) is 18.2 Å². The van der Waals surface area contributed by atoms with Gasteiger partial charge in [0.1, 0.15) is 11.4 Å². The summed E-state index contributed by atoms with van der Waals surface area (Å²) < 4.78 is 11.4. The van der Waals surface area contributed by atoms with Crippen LogP contribution >= 0.6 is 0 Å². The molecule has 1 aliphatic carbocycles. The molecule has 0 bridgehead atoms. The number of hydrogen-bond donors (Lipinski definition) is 0. The second-order valence-corrected chi connectivity index (χ2v) is 6.85. The molecule has 0 atom stereocenters. The maximum atomic E-state index is 13.4. The highest BCUT2D eigenvalue weighted by molar-refractivity contribution is 6.33. The van der Waals surface area contributed by atoms with Crippen molar-refractivity contribution in [2.45, 2.75) is 13.8 Å². The highest BCUT2D eigenvalue weighted by atomic mass is 16.5. The summed E-state index contributed by atoms with van der Waals surface area (Å²) in [6.07, 6.45) is 0. The van der Waals surface area contributed by atoms with E-state index in [9.17, 15) is 19.2 Å². The second kappa shape index (κ2) is 7.26. The fraction of sp³-hybridized carbons (Fsp3) is 0.217. The predicted octanol–water partition coefficient (Wildman–Crippen LogP) is 3.31. The van der Waals surface area contributed by atoms with Crippen molar-refractivity contribution >= 4 is 34.3 Å². The second-order valence-electron chi connectivity index (χ2n) is 6.85. The number of carbonyl (C=O) groups excluding carboxylic acids is 4. The molecular weight excluding hydrogens is 386 g/mol. The average molecular weight is 405 g/mol. The number of hydrogen-bond acceptors (Lipinski definition) is 6. The van der Waals surface area contributed by atoms with Crippen LogP contribution in [0.25, 0.3) is 10.8 Å². The van der Waals surface area contributed by atoms with Crippen molar-refractivity contribution in [3.05, 3.63) is 70.0 Å². The van der Waals surface area contributed by atoms with Gasteiger partial charge in [-0.15, -0.1) is 0 Å². The summed E-state index contributed by atoms with van der Waals surface area (Å²) in [5.41, 5.74) is -0.117. The molecule has 1 heterocycles. The summed E-state index contributed by atoms with van der Waals surface area (Å²) in [6, 6.07) is 10.6. The minimum Gasteiger partial charge on any atom is -0.461 e. The Morgan fingerprint density at radius 1 is 0.800 bits per heavy atom. The Bertz CT molecular complexity index is 1160. The highest BCUT2D eigenvalue weighted by Gasteiger charge is 2.42. The minimum atomic E-state index is -0.780. The molecule has 2 aromatic carbocycles. The number of benzene rings is 2. The van der Waals surface area contributed by atoms with E-state index in [-0.39, 0.29) is 46.9 Å². The summed E-state index contributed by atoms with van der Waals surface area (Å²) in [6.45, 7) is 3.43. The SMILES string of the molecule is CCOC(=O)c1c2c(c(C(=O)OCC)n1C)C(=O)c1cc3ccccc3cc1C2=O. The van der Waals surface area contributed by atoms with Crippen molar-refractivity contribution < 1.29 is 28.7 Å². The molecule has 152 valence electrons. The van der Waals surface area contributed by atoms with Crippen molar-refractivity contribution in [1.82, 2.24) is 4.57 Å². The number of carbonyl (C=O) groups is 4. The van der Waals surface area contributed by atoms with Crippen LogP contribution in [-0.4, -0.2) is 41.3 Å². The molecule has 1 aromatic heterocycles. The van der Waals surface area contributed by atoms with Gasteiger partial charge in [-0.3, -0.25) is 9.59 Å². The lowest BCUT2D eigenvalue weighted by atomic mass is 9.83. The largest absolute Gasteiger partial charge is 0.461 e. The molecule has 1 aliphatic rings. The number of aromatic nitrogens is 1. The first kappa shape index (κ1) is 19.6. The van der Waals surface area contributed by atoms with E-state index < -0.39 is 23.5 Å². The van der Waals surface area contributed by atoms with Gasteiger partial charge in [-0.05, 0) is 36.8 Å². The topological polar surface area (TPSA) is 91.7 Å². The maximum absolute atomic E-state index is 13.4. The van der Waals surface area contributed by atoms with Gasteiger partial charge in [-0.2, -0.15) is 0 Å². The van der Waals surface area contributed by atoms with Gasteiger partial charge >= 0.3 is 11.9 Å². The number of esters is 2. The van der Waals surface area contributed by atoms with Gasteiger partial charge in [-0.1, -0.05) is 24.3 Å². The maximum Gasteiger partial charge on any atom is 0.355 e. The zero-order chi connectivity index (χ0) is 21.6. The Morgan fingerprint density at radius 2 is 1.20 bits per heavy atom. The summed E-state index contributed by atoms with van der Waals surface area (Å²) in [5.74, 6) is -2.56. The Kier molecular flexibility index (Phi) is 4.73. The highest BCUT2D eigenvalue weighted by Crippen LogP contribution is 2.36. The number of ether oxygens (including phenoxy) is 2. The van der Waals surface area contributed by atoms with Crippen molar-refractivity contribution in [3.63, 3.8) is 0 Å². The summed E-state index contributed by atoms with van der Waals surface area (Å²) >= 11 is 0. The van der Waals surface area contributed by atoms with Crippen LogP contribution in [-0.2, 0) is 16.5 Å². The van der Waals surface area contributed by atoms with Gasteiger partial charge in [0.05, 0.1) is 24.3 Å². The molecular formula is C23H19NO6. The Balaban J connectivity index is 2.04. The molecule has 7 heteroatoms. The normalized spacial score (nSPS) is 12.5. The quantitative estimate of drug-likeness (QED) is 0.484. The first-order valence-corrected chi connectivity index (χ1v) is 9.59. The molecule has 0 aliphatic heterocycles. The molecule has 30 heavy (non-hydrogen) atoms. The Hall–Kier alpha value is -3.74. The molecule has 7 nitrogen and oxygen atoms in total. The standard InChI is InChI=1S/C23H19NO6/c1-4-29-22(27)18-16-17(19(24(18)3)23(28)30-5-2)21(26)15-11-13-9-7-6-8-12(13)10-14(15)20(16)25/h6-11H,4-5H2,1-3H3. The van der Waals surface area contributed by atoms with Gasteiger partial charge in [0.15, 0.2) is 11.6 Å². The lowest BCUT2D eigenvalue weighted by molar-refractivity contribution is 0.0503. The molecule has 0 unspecified atom stereocenters. The van der Waals surface area contributed by atoms with E-state index in [4.69, 9.17) is 9.47 Å². The van der Waals surface area contributed by atoms with E-state index >= 15 is 0 Å². The van der Waals surface area contributed by atoms with E-state index in [1.807, 2.05) is 24.3 Å². The van der Waals surface area contributed by atoms with Gasteiger partial charge in [0.25, 0.3) is 0 Å². The first-order valence-electron chi connectivity index (χ1n) is 9.59. The fourth-order valence-corrected chi connectivity index (χ4v) is 3.89. The van der Waals surface area contributed by atoms with Crippen LogP contribution < -0.4 is 0 Å². The Labute approximate surface area is 172 Å². The van der Waals surface area contributed by atoms with Crippen LogP contribution in [0.3, 0.4) is 0 Å². The van der Waals surface area contributed by atoms with Crippen LogP contribution in [0.5, 0.6) is 0 Å². The van der Waals surface area contributed by atoms with E-state index in [2.05, 4.69) is 0 Å². The number of rotatable bonds is 4. The Morgan fingerprint density at radius 3 is 1.57 bits per heavy atom. The number of fused-ring (bicyclic) bond motifs is 3. The van der Waals surface area contributed by atoms with Crippen molar-refractivity contribution in [1.29, 1.82) is 0 Å². The van der Waals surface area contributed by atoms with Crippen LogP contribution in [0.4, 0.5) is 0 Å². The molecule has 0 N–H and O–H groups in total.